The average Bonchev–Trinajstić information content (AvgIpc) is 2.67. The monoisotopic (exact) mass is 209 g/mol. The van der Waals surface area contributed by atoms with E-state index >= 15 is 0 Å². The molecule has 2 nitrogen and oxygen atoms in total. The Balaban J connectivity index is 1.97. The summed E-state index contributed by atoms with van der Waals surface area (Å²) in [6, 6.07) is 9.99. The Bertz CT molecular complexity index is 278. The molecule has 3 heteroatoms. The van der Waals surface area contributed by atoms with Crippen molar-refractivity contribution < 1.29 is 4.84 Å². The van der Waals surface area contributed by atoms with Gasteiger partial charge in [-0.15, -0.1) is 16.8 Å². The number of rotatable bonds is 3. The molecule has 14 heavy (non-hydrogen) atoms. The van der Waals surface area contributed by atoms with Crippen molar-refractivity contribution in [1.29, 1.82) is 0 Å². The van der Waals surface area contributed by atoms with Crippen LogP contribution in [0.25, 0.3) is 0 Å². The summed E-state index contributed by atoms with van der Waals surface area (Å²) in [4.78, 5) is 5.79. The van der Waals surface area contributed by atoms with Gasteiger partial charge in [-0.25, -0.2) is 0 Å². The van der Waals surface area contributed by atoms with E-state index in [-0.39, 0.29) is 0 Å². The second-order valence-electron chi connectivity index (χ2n) is 3.38. The number of hydroxylamine groups is 2. The Labute approximate surface area is 89.2 Å². The first kappa shape index (κ1) is 9.87. The van der Waals surface area contributed by atoms with Crippen molar-refractivity contribution in [3.8, 4) is 5.75 Å². The minimum atomic E-state index is 0.523. The van der Waals surface area contributed by atoms with Gasteiger partial charge in [0.2, 0.25) is 0 Å². The first-order chi connectivity index (χ1) is 6.90. The van der Waals surface area contributed by atoms with Crippen LogP contribution in [0.2, 0.25) is 0 Å². The van der Waals surface area contributed by atoms with Gasteiger partial charge in [-0.2, -0.15) is 0 Å². The van der Waals surface area contributed by atoms with Crippen LogP contribution in [0, 0.1) is 0 Å². The highest BCUT2D eigenvalue weighted by atomic mass is 32.2. The molecule has 1 aromatic rings. The van der Waals surface area contributed by atoms with Crippen molar-refractivity contribution in [3.05, 3.63) is 30.3 Å². The highest BCUT2D eigenvalue weighted by Crippen LogP contribution is 2.26. The van der Waals surface area contributed by atoms with E-state index in [1.165, 1.54) is 12.8 Å². The summed E-state index contributed by atoms with van der Waals surface area (Å²) in [7, 11) is 0. The molecule has 0 N–H and O–H groups in total. The van der Waals surface area contributed by atoms with Crippen LogP contribution >= 0.6 is 11.8 Å². The fourth-order valence-electron chi connectivity index (χ4n) is 1.67. The lowest BCUT2D eigenvalue weighted by atomic mass is 10.3. The zero-order valence-corrected chi connectivity index (χ0v) is 9.17. The zero-order chi connectivity index (χ0) is 9.80. The normalized spacial score (nSPS) is 22.5. The van der Waals surface area contributed by atoms with Crippen molar-refractivity contribution in [2.75, 3.05) is 12.8 Å². The van der Waals surface area contributed by atoms with Gasteiger partial charge < -0.3 is 4.84 Å². The van der Waals surface area contributed by atoms with Crippen LogP contribution in [-0.4, -0.2) is 23.2 Å². The zero-order valence-electron chi connectivity index (χ0n) is 8.35. The number of hydrogen-bond acceptors (Lipinski definition) is 3. The summed E-state index contributed by atoms with van der Waals surface area (Å²) in [5.74, 6) is 0.938. The van der Waals surface area contributed by atoms with Gasteiger partial charge in [0.05, 0.1) is 5.37 Å². The van der Waals surface area contributed by atoms with E-state index in [2.05, 4.69) is 11.3 Å². The third kappa shape index (κ3) is 2.22. The molecular formula is C11H15NOS. The Hall–Kier alpha value is -0.670. The molecule has 76 valence electrons. The first-order valence-electron chi connectivity index (χ1n) is 4.92. The van der Waals surface area contributed by atoms with Crippen LogP contribution in [0.4, 0.5) is 0 Å². The Morgan fingerprint density at radius 1 is 1.36 bits per heavy atom. The third-order valence-electron chi connectivity index (χ3n) is 2.39. The second kappa shape index (κ2) is 4.71. The lowest BCUT2D eigenvalue weighted by Crippen LogP contribution is -2.30. The molecule has 1 fully saturated rings. The SMILES string of the molecule is CSC1CCCN1Oc1ccccc1. The van der Waals surface area contributed by atoms with E-state index in [1.54, 1.807) is 0 Å². The van der Waals surface area contributed by atoms with E-state index in [0.29, 0.717) is 5.37 Å². The van der Waals surface area contributed by atoms with Gasteiger partial charge in [0.15, 0.2) is 0 Å². The van der Waals surface area contributed by atoms with Crippen LogP contribution in [0.15, 0.2) is 30.3 Å². The Morgan fingerprint density at radius 2 is 2.14 bits per heavy atom. The molecule has 0 amide bonds. The number of benzene rings is 1. The van der Waals surface area contributed by atoms with Crippen molar-refractivity contribution >= 4 is 11.8 Å². The molecular weight excluding hydrogens is 194 g/mol. The molecule has 1 heterocycles. The minimum Gasteiger partial charge on any atom is -0.405 e. The number of thioether (sulfide) groups is 1. The summed E-state index contributed by atoms with van der Waals surface area (Å²) in [5.41, 5.74) is 0. The molecule has 1 saturated heterocycles. The lowest BCUT2D eigenvalue weighted by Gasteiger charge is -2.22. The van der Waals surface area contributed by atoms with Crippen molar-refractivity contribution in [1.82, 2.24) is 5.06 Å². The molecule has 1 unspecified atom stereocenters. The van der Waals surface area contributed by atoms with Gasteiger partial charge in [-0.05, 0) is 31.2 Å². The molecule has 1 aromatic carbocycles. The summed E-state index contributed by atoms with van der Waals surface area (Å²) >= 11 is 1.86. The summed E-state index contributed by atoms with van der Waals surface area (Å²) < 4.78 is 0. The molecule has 1 atom stereocenters. The topological polar surface area (TPSA) is 12.5 Å². The van der Waals surface area contributed by atoms with Crippen molar-refractivity contribution in [3.63, 3.8) is 0 Å². The fraction of sp³-hybridized carbons (Fsp3) is 0.455. The standard InChI is InChI=1S/C11H15NOS/c1-14-11-8-5-9-12(11)13-10-6-3-2-4-7-10/h2-4,6-7,11H,5,8-9H2,1H3. The van der Waals surface area contributed by atoms with Gasteiger partial charge in [-0.1, -0.05) is 18.2 Å². The van der Waals surface area contributed by atoms with Crippen molar-refractivity contribution in [2.45, 2.75) is 18.2 Å². The van der Waals surface area contributed by atoms with E-state index < -0.39 is 0 Å². The molecule has 0 spiro atoms. The maximum absolute atomic E-state index is 5.79. The number of nitrogens with zero attached hydrogens (tertiary/aromatic N) is 1. The number of hydrogen-bond donors (Lipinski definition) is 0. The summed E-state index contributed by atoms with van der Waals surface area (Å²) in [5, 5.41) is 2.61. The second-order valence-corrected chi connectivity index (χ2v) is 4.39. The van der Waals surface area contributed by atoms with Crippen LogP contribution < -0.4 is 4.84 Å². The van der Waals surface area contributed by atoms with Gasteiger partial charge in [0.1, 0.15) is 5.75 Å². The summed E-state index contributed by atoms with van der Waals surface area (Å²) in [6.45, 7) is 1.04. The Kier molecular flexibility index (Phi) is 3.32. The molecule has 0 radical (unpaired) electrons. The van der Waals surface area contributed by atoms with Gasteiger partial charge in [0.25, 0.3) is 0 Å². The maximum atomic E-state index is 5.79. The van der Waals surface area contributed by atoms with Crippen LogP contribution in [-0.2, 0) is 0 Å². The van der Waals surface area contributed by atoms with Gasteiger partial charge >= 0.3 is 0 Å². The van der Waals surface area contributed by atoms with E-state index in [0.717, 1.165) is 12.3 Å². The largest absolute Gasteiger partial charge is 0.405 e. The van der Waals surface area contributed by atoms with Gasteiger partial charge in [0, 0.05) is 6.54 Å². The predicted octanol–water partition coefficient (Wildman–Crippen LogP) is 2.77. The molecule has 0 aliphatic carbocycles. The molecule has 1 aliphatic heterocycles. The highest BCUT2D eigenvalue weighted by molar-refractivity contribution is 7.99. The predicted molar refractivity (Wildman–Crippen MR) is 60.3 cm³/mol. The van der Waals surface area contributed by atoms with Crippen molar-refractivity contribution in [2.24, 2.45) is 0 Å². The minimum absolute atomic E-state index is 0.523. The van der Waals surface area contributed by atoms with Gasteiger partial charge in [-0.3, -0.25) is 0 Å². The van der Waals surface area contributed by atoms with E-state index in [4.69, 9.17) is 4.84 Å². The molecule has 0 bridgehead atoms. The maximum Gasteiger partial charge on any atom is 0.147 e. The quantitative estimate of drug-likeness (QED) is 0.759. The van der Waals surface area contributed by atoms with E-state index in [1.807, 2.05) is 42.1 Å². The molecule has 0 aromatic heterocycles. The number of para-hydroxylation sites is 1. The molecule has 2 rings (SSSR count). The average molecular weight is 209 g/mol. The highest BCUT2D eigenvalue weighted by Gasteiger charge is 2.25. The molecule has 0 saturated carbocycles. The van der Waals surface area contributed by atoms with E-state index in [9.17, 15) is 0 Å². The van der Waals surface area contributed by atoms with Crippen LogP contribution in [0.1, 0.15) is 12.8 Å². The van der Waals surface area contributed by atoms with Crippen LogP contribution in [0.5, 0.6) is 5.75 Å². The smallest absolute Gasteiger partial charge is 0.147 e. The third-order valence-corrected chi connectivity index (χ3v) is 3.40. The fourth-order valence-corrected chi connectivity index (χ4v) is 2.45. The summed E-state index contributed by atoms with van der Waals surface area (Å²) in [6.07, 6.45) is 4.60. The molecule has 1 aliphatic rings. The first-order valence-corrected chi connectivity index (χ1v) is 6.21. The Morgan fingerprint density at radius 3 is 2.86 bits per heavy atom. The van der Waals surface area contributed by atoms with Crippen LogP contribution in [0.3, 0.4) is 0 Å². The lowest BCUT2D eigenvalue weighted by molar-refractivity contribution is -0.0450.